The Morgan fingerprint density at radius 1 is 1.22 bits per heavy atom. The molecular formula is C21H30FIN4. The second-order valence-electron chi connectivity index (χ2n) is 7.07. The van der Waals surface area contributed by atoms with Crippen molar-refractivity contribution in [2.45, 2.75) is 39.5 Å². The van der Waals surface area contributed by atoms with E-state index in [1.165, 1.54) is 17.2 Å². The van der Waals surface area contributed by atoms with Crippen LogP contribution in [-0.2, 0) is 11.8 Å². The molecule has 1 aromatic carbocycles. The van der Waals surface area contributed by atoms with Gasteiger partial charge in [-0.05, 0) is 55.2 Å². The molecule has 0 radical (unpaired) electrons. The van der Waals surface area contributed by atoms with Crippen LogP contribution in [0.1, 0.15) is 37.5 Å². The highest BCUT2D eigenvalue weighted by molar-refractivity contribution is 14.0. The molecule has 2 aromatic rings. The highest BCUT2D eigenvalue weighted by atomic mass is 127. The number of benzene rings is 1. The lowest BCUT2D eigenvalue weighted by Crippen LogP contribution is -2.39. The molecule has 6 heteroatoms. The van der Waals surface area contributed by atoms with Crippen LogP contribution >= 0.6 is 24.0 Å². The number of guanidine groups is 1. The van der Waals surface area contributed by atoms with E-state index in [-0.39, 0.29) is 35.2 Å². The zero-order valence-electron chi connectivity index (χ0n) is 16.6. The van der Waals surface area contributed by atoms with Crippen LogP contribution in [0.15, 0.2) is 47.7 Å². The van der Waals surface area contributed by atoms with Crippen molar-refractivity contribution in [1.29, 1.82) is 0 Å². The van der Waals surface area contributed by atoms with Gasteiger partial charge in [0.2, 0.25) is 0 Å². The first kappa shape index (κ1) is 23.3. The van der Waals surface area contributed by atoms with Gasteiger partial charge >= 0.3 is 0 Å². The number of nitrogens with zero attached hydrogens (tertiary/aromatic N) is 2. The maximum absolute atomic E-state index is 13.5. The molecule has 1 aromatic heterocycles. The summed E-state index contributed by atoms with van der Waals surface area (Å²) in [5, 5.41) is 6.65. The van der Waals surface area contributed by atoms with Crippen LogP contribution in [0.5, 0.6) is 0 Å². The molecule has 2 rings (SSSR count). The number of aliphatic imine (C=N–C) groups is 1. The summed E-state index contributed by atoms with van der Waals surface area (Å²) in [6.07, 6.45) is 4.62. The van der Waals surface area contributed by atoms with Crippen molar-refractivity contribution in [3.05, 3.63) is 65.2 Å². The molecular weight excluding hydrogens is 454 g/mol. The number of aromatic nitrogens is 1. The average molecular weight is 484 g/mol. The number of halogens is 2. The van der Waals surface area contributed by atoms with Gasteiger partial charge < -0.3 is 10.6 Å². The Hall–Kier alpha value is -1.70. The summed E-state index contributed by atoms with van der Waals surface area (Å²) >= 11 is 0. The molecule has 0 bridgehead atoms. The molecule has 148 valence electrons. The van der Waals surface area contributed by atoms with E-state index in [0.29, 0.717) is 6.54 Å². The Balaban J connectivity index is 0.00000364. The summed E-state index contributed by atoms with van der Waals surface area (Å²) < 4.78 is 13.5. The number of nitrogens with one attached hydrogen (secondary N) is 2. The molecule has 0 unspecified atom stereocenters. The van der Waals surface area contributed by atoms with Crippen LogP contribution in [0.3, 0.4) is 0 Å². The fraction of sp³-hybridized carbons (Fsp3) is 0.429. The Kier molecular flexibility index (Phi) is 9.69. The second-order valence-corrected chi connectivity index (χ2v) is 7.07. The maximum Gasteiger partial charge on any atom is 0.191 e. The minimum atomic E-state index is -0.244. The van der Waals surface area contributed by atoms with Gasteiger partial charge in [0.15, 0.2) is 5.96 Å². The minimum absolute atomic E-state index is 0. The van der Waals surface area contributed by atoms with E-state index in [1.807, 2.05) is 31.5 Å². The van der Waals surface area contributed by atoms with Gasteiger partial charge in [0, 0.05) is 30.9 Å². The van der Waals surface area contributed by atoms with Crippen molar-refractivity contribution in [3.8, 4) is 0 Å². The zero-order chi connectivity index (χ0) is 19.0. The van der Waals surface area contributed by atoms with Crippen LogP contribution in [0.2, 0.25) is 0 Å². The number of rotatable bonds is 7. The molecule has 4 nitrogen and oxygen atoms in total. The smallest absolute Gasteiger partial charge is 0.191 e. The lowest BCUT2D eigenvalue weighted by molar-refractivity contribution is 0.529. The summed E-state index contributed by atoms with van der Waals surface area (Å²) in [6, 6.07) is 8.80. The average Bonchev–Trinajstić information content (AvgIpc) is 2.61. The lowest BCUT2D eigenvalue weighted by Gasteiger charge is -2.24. The van der Waals surface area contributed by atoms with Gasteiger partial charge in [-0.1, -0.05) is 26.0 Å². The summed E-state index contributed by atoms with van der Waals surface area (Å²) in [6.45, 7) is 10.4. The van der Waals surface area contributed by atoms with Crippen molar-refractivity contribution < 1.29 is 4.39 Å². The van der Waals surface area contributed by atoms with E-state index in [4.69, 9.17) is 4.99 Å². The predicted octanol–water partition coefficient (Wildman–Crippen LogP) is 4.22. The van der Waals surface area contributed by atoms with Crippen molar-refractivity contribution in [2.75, 3.05) is 19.6 Å². The van der Waals surface area contributed by atoms with Crippen LogP contribution in [0, 0.1) is 12.7 Å². The minimum Gasteiger partial charge on any atom is -0.357 e. The highest BCUT2D eigenvalue weighted by Gasteiger charge is 2.21. The predicted molar refractivity (Wildman–Crippen MR) is 122 cm³/mol. The molecule has 0 saturated carbocycles. The molecule has 1 heterocycles. The number of aryl methyl sites for hydroxylation is 1. The third-order valence-corrected chi connectivity index (χ3v) is 4.41. The Morgan fingerprint density at radius 3 is 2.67 bits per heavy atom. The van der Waals surface area contributed by atoms with E-state index in [0.717, 1.165) is 31.0 Å². The van der Waals surface area contributed by atoms with Crippen molar-refractivity contribution in [1.82, 2.24) is 15.6 Å². The molecule has 0 aliphatic rings. The Morgan fingerprint density at radius 2 is 2.00 bits per heavy atom. The van der Waals surface area contributed by atoms with Gasteiger partial charge in [-0.2, -0.15) is 0 Å². The molecule has 0 atom stereocenters. The van der Waals surface area contributed by atoms with Gasteiger partial charge in [0.25, 0.3) is 0 Å². The fourth-order valence-corrected chi connectivity index (χ4v) is 2.72. The van der Waals surface area contributed by atoms with Gasteiger partial charge in [-0.25, -0.2) is 4.39 Å². The summed E-state index contributed by atoms with van der Waals surface area (Å²) in [5.41, 5.74) is 3.18. The first-order chi connectivity index (χ1) is 12.4. The summed E-state index contributed by atoms with van der Waals surface area (Å²) in [5.74, 6) is 0.570. The van der Waals surface area contributed by atoms with Crippen molar-refractivity contribution in [2.24, 2.45) is 4.99 Å². The normalized spacial score (nSPS) is 11.7. The summed E-state index contributed by atoms with van der Waals surface area (Å²) in [4.78, 5) is 8.83. The monoisotopic (exact) mass is 484 g/mol. The van der Waals surface area contributed by atoms with Gasteiger partial charge in [0.05, 0.1) is 6.54 Å². The first-order valence-corrected chi connectivity index (χ1v) is 9.10. The fourth-order valence-electron chi connectivity index (χ4n) is 2.72. The second kappa shape index (κ2) is 11.2. The number of hydrogen-bond acceptors (Lipinski definition) is 2. The SMILES string of the molecule is CCNC(=NCC(C)(C)c1cccc(F)c1)NCCc1ccncc1C.I. The molecule has 27 heavy (non-hydrogen) atoms. The zero-order valence-corrected chi connectivity index (χ0v) is 18.9. The van der Waals surface area contributed by atoms with Gasteiger partial charge in [-0.3, -0.25) is 9.98 Å². The molecule has 0 spiro atoms. The Bertz CT molecular complexity index is 746. The number of pyridine rings is 1. The first-order valence-electron chi connectivity index (χ1n) is 9.10. The topological polar surface area (TPSA) is 49.3 Å². The van der Waals surface area contributed by atoms with E-state index in [2.05, 4.69) is 36.4 Å². The molecule has 0 saturated heterocycles. The van der Waals surface area contributed by atoms with Gasteiger partial charge in [-0.15, -0.1) is 24.0 Å². The number of hydrogen-bond donors (Lipinski definition) is 2. The largest absolute Gasteiger partial charge is 0.357 e. The molecule has 0 amide bonds. The third kappa shape index (κ3) is 7.44. The third-order valence-electron chi connectivity index (χ3n) is 4.41. The maximum atomic E-state index is 13.5. The summed E-state index contributed by atoms with van der Waals surface area (Å²) in [7, 11) is 0. The van der Waals surface area contributed by atoms with Crippen LogP contribution in [0.4, 0.5) is 4.39 Å². The standard InChI is InChI=1S/C21H29FN4.HI/c1-5-24-20(25-12-10-17-9-11-23-14-16(17)2)26-15-21(3,4)18-7-6-8-19(22)13-18;/h6-9,11,13-14H,5,10,12,15H2,1-4H3,(H2,24,25,26);1H. The van der Waals surface area contributed by atoms with Crippen molar-refractivity contribution in [3.63, 3.8) is 0 Å². The molecule has 0 fully saturated rings. The van der Waals surface area contributed by atoms with Crippen LogP contribution in [-0.4, -0.2) is 30.6 Å². The van der Waals surface area contributed by atoms with E-state index >= 15 is 0 Å². The highest BCUT2D eigenvalue weighted by Crippen LogP contribution is 2.24. The quantitative estimate of drug-likeness (QED) is 0.352. The molecule has 0 aliphatic heterocycles. The Labute approximate surface area is 179 Å². The van der Waals surface area contributed by atoms with Crippen LogP contribution in [0.25, 0.3) is 0 Å². The molecule has 0 aliphatic carbocycles. The van der Waals surface area contributed by atoms with Crippen molar-refractivity contribution >= 4 is 29.9 Å². The molecule has 2 N–H and O–H groups in total. The van der Waals surface area contributed by atoms with Gasteiger partial charge in [0.1, 0.15) is 5.82 Å². The van der Waals surface area contributed by atoms with Crippen LogP contribution < -0.4 is 10.6 Å². The lowest BCUT2D eigenvalue weighted by atomic mass is 9.85. The van der Waals surface area contributed by atoms with E-state index in [9.17, 15) is 4.39 Å². The van der Waals surface area contributed by atoms with E-state index < -0.39 is 0 Å². The van der Waals surface area contributed by atoms with E-state index in [1.54, 1.807) is 12.1 Å².